The molecule has 0 saturated carbocycles. The Bertz CT molecular complexity index is 794. The van der Waals surface area contributed by atoms with E-state index in [-0.39, 0.29) is 25.0 Å². The van der Waals surface area contributed by atoms with Crippen molar-refractivity contribution in [2.75, 3.05) is 30.5 Å². The van der Waals surface area contributed by atoms with Gasteiger partial charge in [-0.05, 0) is 30.3 Å². The molecule has 124 valence electrons. The topological polar surface area (TPSA) is 67.9 Å². The summed E-state index contributed by atoms with van der Waals surface area (Å²) < 4.78 is 10.7. The number of rotatable bonds is 4. The molecule has 1 aliphatic rings. The Morgan fingerprint density at radius 1 is 1.33 bits per heavy atom. The molecule has 0 saturated heterocycles. The molecular formula is C17H15ClN2O4. The summed E-state index contributed by atoms with van der Waals surface area (Å²) in [5.41, 5.74) is 1.16. The fraction of sp³-hybridized carbons (Fsp3) is 0.176. The third-order valence-electron chi connectivity index (χ3n) is 3.52. The molecule has 0 fully saturated rings. The van der Waals surface area contributed by atoms with E-state index >= 15 is 0 Å². The van der Waals surface area contributed by atoms with Gasteiger partial charge >= 0.3 is 0 Å². The van der Waals surface area contributed by atoms with Gasteiger partial charge in [-0.3, -0.25) is 9.59 Å². The van der Waals surface area contributed by atoms with Gasteiger partial charge in [-0.2, -0.15) is 0 Å². The van der Waals surface area contributed by atoms with E-state index in [0.29, 0.717) is 27.9 Å². The minimum atomic E-state index is -0.333. The number of benzene rings is 2. The first-order chi connectivity index (χ1) is 11.5. The Labute approximate surface area is 143 Å². The molecule has 0 atom stereocenters. The molecule has 2 aromatic rings. The zero-order valence-corrected chi connectivity index (χ0v) is 13.7. The summed E-state index contributed by atoms with van der Waals surface area (Å²) >= 11 is 5.97. The summed E-state index contributed by atoms with van der Waals surface area (Å²) in [5, 5.41) is 3.16. The molecule has 24 heavy (non-hydrogen) atoms. The smallest absolute Gasteiger partial charge is 0.264 e. The molecule has 1 heterocycles. The number of hydrogen-bond acceptors (Lipinski definition) is 4. The second-order valence-corrected chi connectivity index (χ2v) is 5.60. The van der Waals surface area contributed by atoms with Crippen molar-refractivity contribution >= 4 is 34.8 Å². The molecular weight excluding hydrogens is 332 g/mol. The van der Waals surface area contributed by atoms with E-state index in [9.17, 15) is 9.59 Å². The minimum Gasteiger partial charge on any atom is -0.482 e. The van der Waals surface area contributed by atoms with Crippen molar-refractivity contribution in [3.63, 3.8) is 0 Å². The maximum Gasteiger partial charge on any atom is 0.264 e. The first-order valence-corrected chi connectivity index (χ1v) is 7.63. The van der Waals surface area contributed by atoms with Crippen LogP contribution in [-0.2, 0) is 9.59 Å². The summed E-state index contributed by atoms with van der Waals surface area (Å²) in [6.07, 6.45) is 0. The molecule has 2 amide bonds. The predicted molar refractivity (Wildman–Crippen MR) is 90.9 cm³/mol. The van der Waals surface area contributed by atoms with E-state index in [0.717, 1.165) is 0 Å². The summed E-state index contributed by atoms with van der Waals surface area (Å²) in [7, 11) is 1.66. The first kappa shape index (κ1) is 16.1. The third kappa shape index (κ3) is 3.44. The minimum absolute atomic E-state index is 0.0148. The van der Waals surface area contributed by atoms with Gasteiger partial charge in [-0.1, -0.05) is 23.7 Å². The zero-order chi connectivity index (χ0) is 17.1. The Balaban J connectivity index is 1.65. The average molecular weight is 347 g/mol. The number of carbonyl (C=O) groups is 2. The van der Waals surface area contributed by atoms with E-state index in [1.54, 1.807) is 49.5 Å². The van der Waals surface area contributed by atoms with E-state index < -0.39 is 0 Å². The maximum absolute atomic E-state index is 12.0. The van der Waals surface area contributed by atoms with Gasteiger partial charge in [0.25, 0.3) is 11.8 Å². The number of hydrogen-bond donors (Lipinski definition) is 1. The summed E-state index contributed by atoms with van der Waals surface area (Å²) in [4.78, 5) is 25.2. The molecule has 0 bridgehead atoms. The van der Waals surface area contributed by atoms with E-state index in [2.05, 4.69) is 5.32 Å². The molecule has 0 aliphatic carbocycles. The van der Waals surface area contributed by atoms with Gasteiger partial charge < -0.3 is 19.7 Å². The van der Waals surface area contributed by atoms with Crippen LogP contribution in [0, 0.1) is 0 Å². The number of likely N-dealkylation sites (N-methyl/N-ethyl adjacent to an activating group) is 1. The fourth-order valence-corrected chi connectivity index (χ4v) is 2.44. The Hall–Kier alpha value is -2.73. The summed E-state index contributed by atoms with van der Waals surface area (Å²) in [6, 6.07) is 12.0. The van der Waals surface area contributed by atoms with Crippen LogP contribution in [0.4, 0.5) is 11.4 Å². The number of para-hydroxylation sites is 1. The highest BCUT2D eigenvalue weighted by atomic mass is 35.5. The van der Waals surface area contributed by atoms with Gasteiger partial charge in [0.05, 0.1) is 10.7 Å². The van der Waals surface area contributed by atoms with Gasteiger partial charge in [-0.15, -0.1) is 0 Å². The molecule has 0 unspecified atom stereocenters. The lowest BCUT2D eigenvalue weighted by Gasteiger charge is -2.26. The van der Waals surface area contributed by atoms with Crippen molar-refractivity contribution in [3.8, 4) is 11.5 Å². The number of carbonyl (C=O) groups excluding carboxylic acids is 2. The van der Waals surface area contributed by atoms with Crippen molar-refractivity contribution in [1.29, 1.82) is 0 Å². The number of amides is 2. The van der Waals surface area contributed by atoms with Crippen LogP contribution in [0.2, 0.25) is 5.02 Å². The lowest BCUT2D eigenvalue weighted by molar-refractivity contribution is -0.121. The molecule has 0 spiro atoms. The highest BCUT2D eigenvalue weighted by Gasteiger charge is 2.22. The third-order valence-corrected chi connectivity index (χ3v) is 3.84. The molecule has 3 rings (SSSR count). The second-order valence-electron chi connectivity index (χ2n) is 5.19. The molecule has 6 nitrogen and oxygen atoms in total. The number of anilines is 2. The fourth-order valence-electron chi connectivity index (χ4n) is 2.25. The SMILES string of the molecule is CN1C(=O)COc2ccc(NC(=O)COc3ccccc3Cl)cc21. The molecule has 7 heteroatoms. The first-order valence-electron chi connectivity index (χ1n) is 7.25. The van der Waals surface area contributed by atoms with Crippen LogP contribution < -0.4 is 19.7 Å². The van der Waals surface area contributed by atoms with Crippen molar-refractivity contribution in [1.82, 2.24) is 0 Å². The molecule has 0 aromatic heterocycles. The Kier molecular flexibility index (Phi) is 4.57. The summed E-state index contributed by atoms with van der Waals surface area (Å²) in [5.74, 6) is 0.564. The van der Waals surface area contributed by atoms with Crippen LogP contribution in [0.3, 0.4) is 0 Å². The van der Waals surface area contributed by atoms with Crippen LogP contribution in [0.5, 0.6) is 11.5 Å². The molecule has 1 aliphatic heterocycles. The van der Waals surface area contributed by atoms with Gasteiger partial charge in [0.2, 0.25) is 0 Å². The lowest BCUT2D eigenvalue weighted by Crippen LogP contribution is -2.35. The average Bonchev–Trinajstić information content (AvgIpc) is 2.58. The Morgan fingerprint density at radius 3 is 2.92 bits per heavy atom. The highest BCUT2D eigenvalue weighted by molar-refractivity contribution is 6.32. The standard InChI is InChI=1S/C17H15ClN2O4/c1-20-13-8-11(6-7-15(13)24-10-17(20)22)19-16(21)9-23-14-5-3-2-4-12(14)18/h2-8H,9-10H2,1H3,(H,19,21). The highest BCUT2D eigenvalue weighted by Crippen LogP contribution is 2.33. The van der Waals surface area contributed by atoms with E-state index in [1.807, 2.05) is 0 Å². The van der Waals surface area contributed by atoms with Gasteiger partial charge in [0, 0.05) is 12.7 Å². The normalized spacial score (nSPS) is 13.1. The van der Waals surface area contributed by atoms with Gasteiger partial charge in [0.15, 0.2) is 13.2 Å². The molecule has 1 N–H and O–H groups in total. The number of fused-ring (bicyclic) bond motifs is 1. The molecule has 2 aromatic carbocycles. The quantitative estimate of drug-likeness (QED) is 0.924. The summed E-state index contributed by atoms with van der Waals surface area (Å²) in [6.45, 7) is -0.160. The van der Waals surface area contributed by atoms with Crippen molar-refractivity contribution < 1.29 is 19.1 Å². The van der Waals surface area contributed by atoms with Crippen molar-refractivity contribution in [3.05, 3.63) is 47.5 Å². The van der Waals surface area contributed by atoms with Crippen LogP contribution in [0.15, 0.2) is 42.5 Å². The van der Waals surface area contributed by atoms with Crippen LogP contribution in [-0.4, -0.2) is 32.1 Å². The van der Waals surface area contributed by atoms with Crippen molar-refractivity contribution in [2.45, 2.75) is 0 Å². The lowest BCUT2D eigenvalue weighted by atomic mass is 10.2. The number of nitrogens with one attached hydrogen (secondary N) is 1. The second kappa shape index (κ2) is 6.80. The monoisotopic (exact) mass is 346 g/mol. The Morgan fingerprint density at radius 2 is 2.12 bits per heavy atom. The molecule has 0 radical (unpaired) electrons. The van der Waals surface area contributed by atoms with Crippen LogP contribution in [0.25, 0.3) is 0 Å². The number of nitrogens with zero attached hydrogens (tertiary/aromatic N) is 1. The van der Waals surface area contributed by atoms with Gasteiger partial charge in [-0.25, -0.2) is 0 Å². The number of halogens is 1. The largest absolute Gasteiger partial charge is 0.482 e. The number of ether oxygens (including phenoxy) is 2. The van der Waals surface area contributed by atoms with Crippen LogP contribution >= 0.6 is 11.6 Å². The maximum atomic E-state index is 12.0. The van der Waals surface area contributed by atoms with Gasteiger partial charge in [0.1, 0.15) is 11.5 Å². The zero-order valence-electron chi connectivity index (χ0n) is 12.9. The van der Waals surface area contributed by atoms with Crippen molar-refractivity contribution in [2.24, 2.45) is 0 Å². The van der Waals surface area contributed by atoms with E-state index in [1.165, 1.54) is 4.90 Å². The van der Waals surface area contributed by atoms with E-state index in [4.69, 9.17) is 21.1 Å². The predicted octanol–water partition coefficient (Wildman–Crippen LogP) is 2.71. The van der Waals surface area contributed by atoms with Crippen LogP contribution in [0.1, 0.15) is 0 Å².